The zero-order valence-electron chi connectivity index (χ0n) is 7.44. The molecule has 0 N–H and O–H groups in total. The number of rotatable bonds is 2. The van der Waals surface area contributed by atoms with Gasteiger partial charge in [-0.15, -0.1) is 12.3 Å². The lowest BCUT2D eigenvalue weighted by Crippen LogP contribution is -2.38. The minimum Gasteiger partial charge on any atom is -0.208 e. The van der Waals surface area contributed by atoms with Gasteiger partial charge >= 0.3 is 0 Å². The van der Waals surface area contributed by atoms with Crippen molar-refractivity contribution in [1.29, 1.82) is 0 Å². The van der Waals surface area contributed by atoms with Crippen molar-refractivity contribution in [1.82, 2.24) is 4.31 Å². The lowest BCUT2D eigenvalue weighted by atomic mass is 10.0. The third kappa shape index (κ3) is 2.33. The minimum atomic E-state index is -3.26. The number of piperidine rings is 1. The fraction of sp³-hybridized carbons (Fsp3) is 0.556. The predicted octanol–water partition coefficient (Wildman–Crippen LogP) is 0.805. The number of hydrogen-bond donors (Lipinski definition) is 0. The van der Waals surface area contributed by atoms with E-state index in [1.807, 2.05) is 0 Å². The molecule has 0 spiro atoms. The fourth-order valence-corrected chi connectivity index (χ4v) is 2.40. The number of sulfonamides is 1. The van der Waals surface area contributed by atoms with E-state index < -0.39 is 10.0 Å². The van der Waals surface area contributed by atoms with Gasteiger partial charge in [0.05, 0.1) is 0 Å². The third-order valence-corrected chi connectivity index (χ3v) is 3.66. The summed E-state index contributed by atoms with van der Waals surface area (Å²) in [5.41, 5.74) is 0. The van der Waals surface area contributed by atoms with Gasteiger partial charge in [0.25, 0.3) is 0 Å². The zero-order chi connectivity index (χ0) is 9.90. The topological polar surface area (TPSA) is 37.4 Å². The van der Waals surface area contributed by atoms with Crippen molar-refractivity contribution in [2.24, 2.45) is 5.92 Å². The molecule has 1 atom stereocenters. The van der Waals surface area contributed by atoms with Gasteiger partial charge in [0.1, 0.15) is 0 Å². The van der Waals surface area contributed by atoms with Crippen LogP contribution in [0.3, 0.4) is 0 Å². The Morgan fingerprint density at radius 1 is 1.62 bits per heavy atom. The maximum atomic E-state index is 11.4. The summed E-state index contributed by atoms with van der Waals surface area (Å²) in [4.78, 5) is 0. The van der Waals surface area contributed by atoms with Crippen LogP contribution in [0.5, 0.6) is 0 Å². The van der Waals surface area contributed by atoms with Gasteiger partial charge in [-0.1, -0.05) is 6.58 Å². The lowest BCUT2D eigenvalue weighted by molar-refractivity contribution is 0.310. The van der Waals surface area contributed by atoms with Crippen LogP contribution in [0.2, 0.25) is 0 Å². The first-order valence-corrected chi connectivity index (χ1v) is 5.69. The summed E-state index contributed by atoms with van der Waals surface area (Å²) >= 11 is 0. The molecule has 0 amide bonds. The van der Waals surface area contributed by atoms with Crippen LogP contribution in [0.1, 0.15) is 12.8 Å². The van der Waals surface area contributed by atoms with Crippen LogP contribution < -0.4 is 0 Å². The number of hydrogen-bond acceptors (Lipinski definition) is 2. The third-order valence-electron chi connectivity index (χ3n) is 2.19. The largest absolute Gasteiger partial charge is 0.235 e. The first-order chi connectivity index (χ1) is 6.10. The predicted molar refractivity (Wildman–Crippen MR) is 52.2 cm³/mol. The molecule has 1 fully saturated rings. The molecule has 0 bridgehead atoms. The Kier molecular flexibility index (Phi) is 3.12. The monoisotopic (exact) mass is 199 g/mol. The maximum absolute atomic E-state index is 11.4. The molecule has 13 heavy (non-hydrogen) atoms. The minimum absolute atomic E-state index is 0.0588. The van der Waals surface area contributed by atoms with Crippen molar-refractivity contribution in [3.63, 3.8) is 0 Å². The molecule has 3 nitrogen and oxygen atoms in total. The Morgan fingerprint density at radius 2 is 2.31 bits per heavy atom. The Hall–Kier alpha value is -0.790. The highest BCUT2D eigenvalue weighted by Crippen LogP contribution is 2.18. The second-order valence-corrected chi connectivity index (χ2v) is 4.96. The molecule has 1 heterocycles. The van der Waals surface area contributed by atoms with Crippen LogP contribution in [0.15, 0.2) is 12.0 Å². The van der Waals surface area contributed by atoms with E-state index in [-0.39, 0.29) is 5.92 Å². The summed E-state index contributed by atoms with van der Waals surface area (Å²) < 4.78 is 24.1. The van der Waals surface area contributed by atoms with Crippen LogP contribution in [-0.2, 0) is 10.0 Å². The highest BCUT2D eigenvalue weighted by molar-refractivity contribution is 7.92. The van der Waals surface area contributed by atoms with Crippen molar-refractivity contribution in [2.75, 3.05) is 13.1 Å². The van der Waals surface area contributed by atoms with E-state index in [2.05, 4.69) is 12.5 Å². The molecule has 0 radical (unpaired) electrons. The van der Waals surface area contributed by atoms with E-state index in [0.717, 1.165) is 18.2 Å². The van der Waals surface area contributed by atoms with E-state index in [9.17, 15) is 8.42 Å². The summed E-state index contributed by atoms with van der Waals surface area (Å²) in [5, 5.41) is 0.978. The molecular weight excluding hydrogens is 186 g/mol. The van der Waals surface area contributed by atoms with Crippen molar-refractivity contribution in [2.45, 2.75) is 12.8 Å². The highest BCUT2D eigenvalue weighted by atomic mass is 32.2. The van der Waals surface area contributed by atoms with E-state index in [1.54, 1.807) is 0 Å². The van der Waals surface area contributed by atoms with Gasteiger partial charge in [-0.2, -0.15) is 4.31 Å². The molecule has 0 aliphatic carbocycles. The zero-order valence-corrected chi connectivity index (χ0v) is 8.26. The first-order valence-electron chi connectivity index (χ1n) is 4.19. The molecule has 1 unspecified atom stereocenters. The lowest BCUT2D eigenvalue weighted by Gasteiger charge is -2.28. The van der Waals surface area contributed by atoms with Crippen molar-refractivity contribution in [3.05, 3.63) is 12.0 Å². The fourth-order valence-electron chi connectivity index (χ4n) is 1.42. The SMILES string of the molecule is C#CC1CCCN(S(=O)(=O)C=C)C1. The number of nitrogens with zero attached hydrogens (tertiary/aromatic N) is 1. The van der Waals surface area contributed by atoms with Crippen molar-refractivity contribution in [3.8, 4) is 12.3 Å². The van der Waals surface area contributed by atoms with Crippen LogP contribution in [-0.4, -0.2) is 25.8 Å². The number of terminal acetylenes is 1. The molecule has 1 saturated heterocycles. The van der Waals surface area contributed by atoms with Gasteiger partial charge in [-0.3, -0.25) is 0 Å². The van der Waals surface area contributed by atoms with Gasteiger partial charge < -0.3 is 0 Å². The molecule has 0 aromatic carbocycles. The molecule has 1 aliphatic heterocycles. The molecule has 72 valence electrons. The standard InChI is InChI=1S/C9H13NO2S/c1-3-9-6-5-7-10(8-9)13(11,12)4-2/h1,4,9H,2,5-8H2. The molecule has 4 heteroatoms. The molecule has 0 saturated carbocycles. The second kappa shape index (κ2) is 3.95. The summed E-state index contributed by atoms with van der Waals surface area (Å²) in [6.07, 6.45) is 7.00. The molecule has 1 aliphatic rings. The molecular formula is C9H13NO2S. The average Bonchev–Trinajstić information content (AvgIpc) is 2.18. The molecule has 0 aromatic rings. The van der Waals surface area contributed by atoms with Gasteiger partial charge in [0, 0.05) is 24.4 Å². The van der Waals surface area contributed by atoms with Gasteiger partial charge in [-0.25, -0.2) is 8.42 Å². The Morgan fingerprint density at radius 3 is 2.85 bits per heavy atom. The van der Waals surface area contributed by atoms with Crippen LogP contribution in [0, 0.1) is 18.3 Å². The maximum Gasteiger partial charge on any atom is 0.235 e. The van der Waals surface area contributed by atoms with Crippen molar-refractivity contribution < 1.29 is 8.42 Å². The van der Waals surface area contributed by atoms with E-state index in [0.29, 0.717) is 13.1 Å². The van der Waals surface area contributed by atoms with Gasteiger partial charge in [-0.05, 0) is 12.8 Å². The van der Waals surface area contributed by atoms with E-state index in [1.165, 1.54) is 4.31 Å². The van der Waals surface area contributed by atoms with Gasteiger partial charge in [0.2, 0.25) is 10.0 Å². The summed E-state index contributed by atoms with van der Waals surface area (Å²) in [7, 11) is -3.26. The van der Waals surface area contributed by atoms with Crippen LogP contribution >= 0.6 is 0 Å². The Bertz CT molecular complexity index is 326. The summed E-state index contributed by atoms with van der Waals surface area (Å²) in [5.74, 6) is 2.65. The van der Waals surface area contributed by atoms with Gasteiger partial charge in [0.15, 0.2) is 0 Å². The van der Waals surface area contributed by atoms with Crippen molar-refractivity contribution >= 4 is 10.0 Å². The van der Waals surface area contributed by atoms with E-state index in [4.69, 9.17) is 6.42 Å². The first kappa shape index (κ1) is 10.3. The smallest absolute Gasteiger partial charge is 0.208 e. The molecule has 1 rings (SSSR count). The summed E-state index contributed by atoms with van der Waals surface area (Å²) in [6, 6.07) is 0. The second-order valence-electron chi connectivity index (χ2n) is 3.08. The Balaban J connectivity index is 2.74. The normalized spacial score (nSPS) is 25.0. The summed E-state index contributed by atoms with van der Waals surface area (Å²) in [6.45, 7) is 4.27. The molecule has 0 aromatic heterocycles. The quantitative estimate of drug-likeness (QED) is 0.617. The highest BCUT2D eigenvalue weighted by Gasteiger charge is 2.25. The van der Waals surface area contributed by atoms with Crippen LogP contribution in [0.25, 0.3) is 0 Å². The van der Waals surface area contributed by atoms with Crippen LogP contribution in [0.4, 0.5) is 0 Å². The average molecular weight is 199 g/mol. The Labute approximate surface area is 79.5 Å². The van der Waals surface area contributed by atoms with E-state index >= 15 is 0 Å².